The van der Waals surface area contributed by atoms with Crippen molar-refractivity contribution in [2.24, 2.45) is 0 Å². The predicted octanol–water partition coefficient (Wildman–Crippen LogP) is 20.4. The SMILES string of the molecule is CC/C=C\C/C=C\C/C=C\C/C=C\CCCCCCC(=O)OC(COC(=O)CCCCCCCCCCCC)COC(=O)CCCCCCCCCCCCCCC/C=C\CCCCCCCCCC. The van der Waals surface area contributed by atoms with Gasteiger partial charge in [0.05, 0.1) is 0 Å². The molecule has 1 atom stereocenters. The Bertz CT molecular complexity index is 1260. The van der Waals surface area contributed by atoms with Crippen LogP contribution in [-0.4, -0.2) is 37.2 Å². The molecule has 0 radical (unpaired) electrons. The normalized spacial score (nSPS) is 12.4. The maximum absolute atomic E-state index is 12.8. The number of hydrogen-bond donors (Lipinski definition) is 0. The molecule has 0 fully saturated rings. The molecular weight excluding hydrogens is 865 g/mol. The highest BCUT2D eigenvalue weighted by molar-refractivity contribution is 5.71. The summed E-state index contributed by atoms with van der Waals surface area (Å²) >= 11 is 0. The van der Waals surface area contributed by atoms with Crippen molar-refractivity contribution in [1.82, 2.24) is 0 Å². The summed E-state index contributed by atoms with van der Waals surface area (Å²) in [6.45, 7) is 6.52. The average Bonchev–Trinajstić information content (AvgIpc) is 3.36. The minimum absolute atomic E-state index is 0.0815. The lowest BCUT2D eigenvalue weighted by atomic mass is 10.0. The molecule has 0 aromatic carbocycles. The third-order valence-electron chi connectivity index (χ3n) is 13.3. The van der Waals surface area contributed by atoms with Crippen LogP contribution >= 0.6 is 0 Å². The smallest absolute Gasteiger partial charge is 0.306 e. The largest absolute Gasteiger partial charge is 0.462 e. The molecule has 0 aromatic rings. The quantitative estimate of drug-likeness (QED) is 0.0261. The zero-order valence-electron chi connectivity index (χ0n) is 46.5. The lowest BCUT2D eigenvalue weighted by Crippen LogP contribution is -2.30. The van der Waals surface area contributed by atoms with E-state index in [1.54, 1.807) is 0 Å². The summed E-state index contributed by atoms with van der Waals surface area (Å²) in [6, 6.07) is 0. The first-order valence-corrected chi connectivity index (χ1v) is 30.3. The third kappa shape index (κ3) is 56.0. The molecule has 0 amide bonds. The molecule has 0 heterocycles. The highest BCUT2D eigenvalue weighted by Crippen LogP contribution is 2.16. The Labute approximate surface area is 434 Å². The van der Waals surface area contributed by atoms with Gasteiger partial charge in [-0.3, -0.25) is 14.4 Å². The monoisotopic (exact) mass is 979 g/mol. The van der Waals surface area contributed by atoms with Crippen LogP contribution in [0.1, 0.15) is 310 Å². The van der Waals surface area contributed by atoms with Gasteiger partial charge in [0.2, 0.25) is 0 Å². The van der Waals surface area contributed by atoms with Gasteiger partial charge in [0.25, 0.3) is 0 Å². The molecule has 6 heteroatoms. The maximum Gasteiger partial charge on any atom is 0.306 e. The summed E-state index contributed by atoms with van der Waals surface area (Å²) in [5.41, 5.74) is 0. The maximum atomic E-state index is 12.8. The van der Waals surface area contributed by atoms with Crippen LogP contribution < -0.4 is 0 Å². The van der Waals surface area contributed by atoms with E-state index in [0.29, 0.717) is 19.3 Å². The Hall–Kier alpha value is -2.89. The Kier molecular flexibility index (Phi) is 56.3. The molecule has 0 aliphatic rings. The molecule has 0 aliphatic carbocycles. The fourth-order valence-electron chi connectivity index (χ4n) is 8.72. The van der Waals surface area contributed by atoms with Gasteiger partial charge in [-0.15, -0.1) is 0 Å². The number of carbonyl (C=O) groups excluding carboxylic acids is 3. The van der Waals surface area contributed by atoms with Crippen LogP contribution in [0.4, 0.5) is 0 Å². The molecule has 406 valence electrons. The fraction of sp³-hybridized carbons (Fsp3) is 0.797. The highest BCUT2D eigenvalue weighted by Gasteiger charge is 2.19. The van der Waals surface area contributed by atoms with Crippen molar-refractivity contribution < 1.29 is 28.6 Å². The molecule has 0 saturated heterocycles. The number of hydrogen-bond acceptors (Lipinski definition) is 6. The van der Waals surface area contributed by atoms with Crippen LogP contribution in [0.5, 0.6) is 0 Å². The first-order chi connectivity index (χ1) is 34.5. The van der Waals surface area contributed by atoms with Gasteiger partial charge < -0.3 is 14.2 Å². The molecule has 0 N–H and O–H groups in total. The van der Waals surface area contributed by atoms with Crippen LogP contribution in [0, 0.1) is 0 Å². The van der Waals surface area contributed by atoms with Gasteiger partial charge >= 0.3 is 17.9 Å². The van der Waals surface area contributed by atoms with Crippen molar-refractivity contribution in [3.05, 3.63) is 60.8 Å². The summed E-state index contributed by atoms with van der Waals surface area (Å²) in [6.07, 6.45) is 73.7. The minimum atomic E-state index is -0.784. The Balaban J connectivity index is 4.24. The topological polar surface area (TPSA) is 78.9 Å². The van der Waals surface area contributed by atoms with Gasteiger partial charge in [0.1, 0.15) is 13.2 Å². The third-order valence-corrected chi connectivity index (χ3v) is 13.3. The molecule has 0 aliphatic heterocycles. The van der Waals surface area contributed by atoms with Gasteiger partial charge in [-0.05, 0) is 83.5 Å². The van der Waals surface area contributed by atoms with Gasteiger partial charge in [0.15, 0.2) is 6.10 Å². The van der Waals surface area contributed by atoms with Gasteiger partial charge in [-0.25, -0.2) is 0 Å². The van der Waals surface area contributed by atoms with E-state index in [4.69, 9.17) is 14.2 Å². The summed E-state index contributed by atoms with van der Waals surface area (Å²) in [7, 11) is 0. The van der Waals surface area contributed by atoms with E-state index in [0.717, 1.165) is 96.3 Å². The van der Waals surface area contributed by atoms with E-state index in [1.807, 2.05) is 0 Å². The number of rotatable bonds is 55. The molecule has 0 saturated carbocycles. The first-order valence-electron chi connectivity index (χ1n) is 30.3. The number of allylic oxidation sites excluding steroid dienone is 10. The van der Waals surface area contributed by atoms with Crippen LogP contribution in [0.2, 0.25) is 0 Å². The van der Waals surface area contributed by atoms with E-state index in [-0.39, 0.29) is 31.1 Å². The summed E-state index contributed by atoms with van der Waals surface area (Å²) < 4.78 is 16.8. The fourth-order valence-corrected chi connectivity index (χ4v) is 8.72. The van der Waals surface area contributed by atoms with E-state index in [2.05, 4.69) is 81.5 Å². The molecule has 0 aromatic heterocycles. The van der Waals surface area contributed by atoms with Crippen LogP contribution in [0.15, 0.2) is 60.8 Å². The van der Waals surface area contributed by atoms with Gasteiger partial charge in [0, 0.05) is 19.3 Å². The summed E-state index contributed by atoms with van der Waals surface area (Å²) in [5, 5.41) is 0. The van der Waals surface area contributed by atoms with E-state index in [1.165, 1.54) is 173 Å². The van der Waals surface area contributed by atoms with Crippen molar-refractivity contribution in [3.63, 3.8) is 0 Å². The second-order valence-corrected chi connectivity index (χ2v) is 20.2. The lowest BCUT2D eigenvalue weighted by molar-refractivity contribution is -0.167. The van der Waals surface area contributed by atoms with Crippen LogP contribution in [-0.2, 0) is 28.6 Å². The highest BCUT2D eigenvalue weighted by atomic mass is 16.6. The van der Waals surface area contributed by atoms with E-state index in [9.17, 15) is 14.4 Å². The molecule has 70 heavy (non-hydrogen) atoms. The van der Waals surface area contributed by atoms with Gasteiger partial charge in [-0.1, -0.05) is 268 Å². The molecule has 0 rings (SSSR count). The van der Waals surface area contributed by atoms with Gasteiger partial charge in [-0.2, -0.15) is 0 Å². The first kappa shape index (κ1) is 67.1. The average molecular weight is 980 g/mol. The van der Waals surface area contributed by atoms with Crippen molar-refractivity contribution in [1.29, 1.82) is 0 Å². The molecule has 0 bridgehead atoms. The number of ether oxygens (including phenoxy) is 3. The standard InChI is InChI=1S/C64H114O6/c1-4-7-10-13-16-19-22-24-26-28-29-30-31-32-33-34-35-37-38-40-42-45-48-51-54-57-63(66)69-60-61(59-68-62(65)56-53-50-47-44-21-18-15-12-9-6-3)70-64(67)58-55-52-49-46-43-41-39-36-27-25-23-20-17-14-11-8-5-2/h8,11,17,20,25,27-29,39,41,61H,4-7,9-10,12-16,18-19,21-24,26,30-38,40,42-60H2,1-3H3/b11-8-,20-17-,27-25-,29-28-,41-39-. The minimum Gasteiger partial charge on any atom is -0.462 e. The predicted molar refractivity (Wildman–Crippen MR) is 302 cm³/mol. The second-order valence-electron chi connectivity index (χ2n) is 20.2. The number of esters is 3. The molecule has 0 spiro atoms. The Morgan fingerprint density at radius 1 is 0.300 bits per heavy atom. The Morgan fingerprint density at radius 3 is 0.886 bits per heavy atom. The molecule has 1 unspecified atom stereocenters. The van der Waals surface area contributed by atoms with E-state index < -0.39 is 6.10 Å². The summed E-state index contributed by atoms with van der Waals surface area (Å²) in [5.74, 6) is -0.894. The van der Waals surface area contributed by atoms with Crippen molar-refractivity contribution in [2.45, 2.75) is 316 Å². The molecular formula is C64H114O6. The second kappa shape index (κ2) is 58.7. The van der Waals surface area contributed by atoms with Crippen molar-refractivity contribution in [2.75, 3.05) is 13.2 Å². The Morgan fingerprint density at radius 2 is 0.557 bits per heavy atom. The lowest BCUT2D eigenvalue weighted by Gasteiger charge is -2.18. The zero-order chi connectivity index (χ0) is 50.7. The van der Waals surface area contributed by atoms with Crippen molar-refractivity contribution >= 4 is 17.9 Å². The number of carbonyl (C=O) groups is 3. The molecule has 6 nitrogen and oxygen atoms in total. The van der Waals surface area contributed by atoms with Crippen molar-refractivity contribution in [3.8, 4) is 0 Å². The van der Waals surface area contributed by atoms with E-state index >= 15 is 0 Å². The van der Waals surface area contributed by atoms with Crippen LogP contribution in [0.3, 0.4) is 0 Å². The number of unbranched alkanes of at least 4 members (excludes halogenated alkanes) is 34. The summed E-state index contributed by atoms with van der Waals surface area (Å²) in [4.78, 5) is 38.1. The zero-order valence-corrected chi connectivity index (χ0v) is 46.5. The van der Waals surface area contributed by atoms with Crippen LogP contribution in [0.25, 0.3) is 0 Å².